The molecule has 1 aliphatic rings. The average molecular weight is 347 g/mol. The topological polar surface area (TPSA) is 54.5 Å². The average Bonchev–Trinajstić information content (AvgIpc) is 2.76. The molecule has 0 aromatic heterocycles. The first kappa shape index (κ1) is 16.1. The van der Waals surface area contributed by atoms with E-state index in [1.807, 2.05) is 24.3 Å². The lowest BCUT2D eigenvalue weighted by molar-refractivity contribution is 0.0986. The van der Waals surface area contributed by atoms with Gasteiger partial charge in [-0.1, -0.05) is 12.1 Å². The van der Waals surface area contributed by atoms with Crippen molar-refractivity contribution < 1.29 is 13.2 Å². The van der Waals surface area contributed by atoms with Gasteiger partial charge in [0.2, 0.25) is 0 Å². The van der Waals surface area contributed by atoms with Crippen LogP contribution < -0.4 is 4.90 Å². The number of rotatable bonds is 2. The van der Waals surface area contributed by atoms with E-state index in [0.717, 1.165) is 29.0 Å². The van der Waals surface area contributed by atoms with Crippen molar-refractivity contribution in [3.05, 3.63) is 54.1 Å². The Balaban J connectivity index is 1.94. The second-order valence-corrected chi connectivity index (χ2v) is 8.58. The first-order chi connectivity index (χ1) is 11.0. The standard InChI is InChI=1S/C17H17NO3S2/c1-23(20,21)14-9-7-13(8-10-14)17(19)18-11-4-12-22-16-6-3-2-5-15(16)18/h2-3,5-10H,4,11-12H2,1H3. The lowest BCUT2D eigenvalue weighted by Crippen LogP contribution is -2.31. The Morgan fingerprint density at radius 3 is 2.48 bits per heavy atom. The van der Waals surface area contributed by atoms with E-state index in [9.17, 15) is 13.2 Å². The van der Waals surface area contributed by atoms with Crippen molar-refractivity contribution in [2.24, 2.45) is 0 Å². The van der Waals surface area contributed by atoms with Crippen LogP contribution in [0, 0.1) is 0 Å². The molecule has 1 aliphatic heterocycles. The molecule has 0 radical (unpaired) electrons. The summed E-state index contributed by atoms with van der Waals surface area (Å²) in [7, 11) is -3.25. The minimum atomic E-state index is -3.25. The number of benzene rings is 2. The van der Waals surface area contributed by atoms with E-state index < -0.39 is 9.84 Å². The summed E-state index contributed by atoms with van der Waals surface area (Å²) < 4.78 is 23.1. The zero-order valence-electron chi connectivity index (χ0n) is 12.7. The summed E-state index contributed by atoms with van der Waals surface area (Å²) in [5.74, 6) is 0.883. The van der Waals surface area contributed by atoms with Gasteiger partial charge in [0.1, 0.15) is 0 Å². The molecule has 0 N–H and O–H groups in total. The van der Waals surface area contributed by atoms with Crippen LogP contribution in [0.2, 0.25) is 0 Å². The molecule has 0 spiro atoms. The van der Waals surface area contributed by atoms with Crippen LogP contribution in [0.4, 0.5) is 5.69 Å². The SMILES string of the molecule is CS(=O)(=O)c1ccc(C(=O)N2CCCSc3ccccc32)cc1. The molecule has 0 unspecified atom stereocenters. The summed E-state index contributed by atoms with van der Waals surface area (Å²) in [4.78, 5) is 16.0. The Labute approximate surface area is 140 Å². The minimum Gasteiger partial charge on any atom is -0.307 e. The van der Waals surface area contributed by atoms with Crippen molar-refractivity contribution in [3.8, 4) is 0 Å². The summed E-state index contributed by atoms with van der Waals surface area (Å²) in [5.41, 5.74) is 1.42. The molecule has 0 fully saturated rings. The summed E-state index contributed by atoms with van der Waals surface area (Å²) in [6, 6.07) is 14.0. The highest BCUT2D eigenvalue weighted by molar-refractivity contribution is 7.99. The molecule has 0 saturated carbocycles. The summed E-state index contributed by atoms with van der Waals surface area (Å²) in [6.07, 6.45) is 2.08. The molecule has 0 saturated heterocycles. The highest BCUT2D eigenvalue weighted by Crippen LogP contribution is 2.34. The molecule has 3 rings (SSSR count). The number of thioether (sulfide) groups is 1. The maximum absolute atomic E-state index is 12.8. The van der Waals surface area contributed by atoms with Gasteiger partial charge in [-0.2, -0.15) is 0 Å². The maximum atomic E-state index is 12.8. The lowest BCUT2D eigenvalue weighted by Gasteiger charge is -2.22. The lowest BCUT2D eigenvalue weighted by atomic mass is 10.1. The van der Waals surface area contributed by atoms with Gasteiger partial charge in [0.15, 0.2) is 9.84 Å². The van der Waals surface area contributed by atoms with Gasteiger partial charge in [0.25, 0.3) is 5.91 Å². The normalized spacial score (nSPS) is 14.9. The Morgan fingerprint density at radius 1 is 1.09 bits per heavy atom. The van der Waals surface area contributed by atoms with E-state index in [1.54, 1.807) is 28.8 Å². The van der Waals surface area contributed by atoms with E-state index >= 15 is 0 Å². The van der Waals surface area contributed by atoms with Gasteiger partial charge in [-0.15, -0.1) is 11.8 Å². The van der Waals surface area contributed by atoms with Crippen LogP contribution in [0.3, 0.4) is 0 Å². The Bertz CT molecular complexity index is 829. The van der Waals surface area contributed by atoms with Gasteiger partial charge in [-0.25, -0.2) is 8.42 Å². The fraction of sp³-hybridized carbons (Fsp3) is 0.235. The number of nitrogens with zero attached hydrogens (tertiary/aromatic N) is 1. The summed E-state index contributed by atoms with van der Waals surface area (Å²) in [6.45, 7) is 0.663. The minimum absolute atomic E-state index is 0.0972. The maximum Gasteiger partial charge on any atom is 0.258 e. The van der Waals surface area contributed by atoms with E-state index in [1.165, 1.54) is 12.1 Å². The van der Waals surface area contributed by atoms with Crippen molar-refractivity contribution in [2.75, 3.05) is 23.5 Å². The van der Waals surface area contributed by atoms with Crippen LogP contribution >= 0.6 is 11.8 Å². The predicted octanol–water partition coefficient (Wildman–Crippen LogP) is 3.23. The van der Waals surface area contributed by atoms with Crippen molar-refractivity contribution >= 4 is 33.2 Å². The molecule has 1 amide bonds. The highest BCUT2D eigenvalue weighted by atomic mass is 32.2. The van der Waals surface area contributed by atoms with Crippen molar-refractivity contribution in [2.45, 2.75) is 16.2 Å². The zero-order chi connectivity index (χ0) is 16.4. The first-order valence-electron chi connectivity index (χ1n) is 7.30. The molecule has 23 heavy (non-hydrogen) atoms. The zero-order valence-corrected chi connectivity index (χ0v) is 14.4. The molecule has 0 aliphatic carbocycles. The second-order valence-electron chi connectivity index (χ2n) is 5.42. The Hall–Kier alpha value is -1.79. The monoisotopic (exact) mass is 347 g/mol. The van der Waals surface area contributed by atoms with Gasteiger partial charge in [-0.3, -0.25) is 4.79 Å². The van der Waals surface area contributed by atoms with Crippen LogP contribution in [0.5, 0.6) is 0 Å². The predicted molar refractivity (Wildman–Crippen MR) is 93.0 cm³/mol. The largest absolute Gasteiger partial charge is 0.307 e. The molecule has 1 heterocycles. The van der Waals surface area contributed by atoms with Crippen molar-refractivity contribution in [3.63, 3.8) is 0 Å². The smallest absolute Gasteiger partial charge is 0.258 e. The molecular formula is C17H17NO3S2. The van der Waals surface area contributed by atoms with E-state index in [2.05, 4.69) is 0 Å². The van der Waals surface area contributed by atoms with Gasteiger partial charge >= 0.3 is 0 Å². The quantitative estimate of drug-likeness (QED) is 0.837. The molecule has 0 bridgehead atoms. The van der Waals surface area contributed by atoms with Gasteiger partial charge in [0, 0.05) is 23.3 Å². The van der Waals surface area contributed by atoms with Crippen LogP contribution in [0.15, 0.2) is 58.3 Å². The van der Waals surface area contributed by atoms with Crippen LogP contribution in [-0.2, 0) is 9.84 Å². The number of hydrogen-bond donors (Lipinski definition) is 0. The van der Waals surface area contributed by atoms with E-state index in [0.29, 0.717) is 12.1 Å². The van der Waals surface area contributed by atoms with Gasteiger partial charge < -0.3 is 4.90 Å². The van der Waals surface area contributed by atoms with Crippen molar-refractivity contribution in [1.82, 2.24) is 0 Å². The molecule has 2 aromatic carbocycles. The molecular weight excluding hydrogens is 330 g/mol. The number of carbonyl (C=O) groups is 1. The number of hydrogen-bond acceptors (Lipinski definition) is 4. The molecule has 4 nitrogen and oxygen atoms in total. The third-order valence-electron chi connectivity index (χ3n) is 3.71. The molecule has 120 valence electrons. The number of para-hydroxylation sites is 1. The van der Waals surface area contributed by atoms with E-state index in [-0.39, 0.29) is 10.8 Å². The van der Waals surface area contributed by atoms with Crippen LogP contribution in [-0.4, -0.2) is 32.9 Å². The number of carbonyl (C=O) groups excluding carboxylic acids is 1. The van der Waals surface area contributed by atoms with Crippen molar-refractivity contribution in [1.29, 1.82) is 0 Å². The molecule has 0 atom stereocenters. The third kappa shape index (κ3) is 3.43. The van der Waals surface area contributed by atoms with E-state index in [4.69, 9.17) is 0 Å². The Morgan fingerprint density at radius 2 is 1.78 bits per heavy atom. The van der Waals surface area contributed by atoms with Crippen LogP contribution in [0.25, 0.3) is 0 Å². The molecule has 6 heteroatoms. The number of anilines is 1. The highest BCUT2D eigenvalue weighted by Gasteiger charge is 2.22. The summed E-state index contributed by atoms with van der Waals surface area (Å²) in [5, 5.41) is 0. The number of sulfone groups is 1. The first-order valence-corrected chi connectivity index (χ1v) is 10.2. The Kier molecular flexibility index (Phi) is 4.46. The third-order valence-corrected chi connectivity index (χ3v) is 5.99. The number of fused-ring (bicyclic) bond motifs is 1. The van der Waals surface area contributed by atoms with Gasteiger partial charge in [0.05, 0.1) is 10.6 Å². The molecule has 2 aromatic rings. The van der Waals surface area contributed by atoms with Crippen LogP contribution in [0.1, 0.15) is 16.8 Å². The summed E-state index contributed by atoms with van der Waals surface area (Å²) >= 11 is 1.76. The fourth-order valence-corrected chi connectivity index (χ4v) is 4.16. The fourth-order valence-electron chi connectivity index (χ4n) is 2.54. The van der Waals surface area contributed by atoms with Gasteiger partial charge in [-0.05, 0) is 48.6 Å². The number of amides is 1. The second kappa shape index (κ2) is 6.37.